The van der Waals surface area contributed by atoms with Gasteiger partial charge < -0.3 is 9.64 Å². The van der Waals surface area contributed by atoms with Gasteiger partial charge in [-0.15, -0.1) is 0 Å². The van der Waals surface area contributed by atoms with Crippen LogP contribution in [0.3, 0.4) is 0 Å². The molecule has 0 amide bonds. The predicted octanol–water partition coefficient (Wildman–Crippen LogP) is 5.76. The van der Waals surface area contributed by atoms with Gasteiger partial charge in [0, 0.05) is 48.2 Å². The van der Waals surface area contributed by atoms with Crippen molar-refractivity contribution in [2.24, 2.45) is 0 Å². The summed E-state index contributed by atoms with van der Waals surface area (Å²) in [7, 11) is 0.0582. The molecule has 0 aliphatic carbocycles. The molecule has 2 N–H and O–H groups in total. The van der Waals surface area contributed by atoms with Crippen LogP contribution in [-0.4, -0.2) is 45.1 Å². The molecule has 0 spiro atoms. The SMILES string of the molecule is C[C@@H](Oc1ccc2[nH]nc(-c3cnc(N4CC(C)(NCP=O)C4)c(C#N)c3)c2c1)c1c(Cl)cncc1Cl. The molecule has 0 radical (unpaired) electrons. The van der Waals surface area contributed by atoms with E-state index >= 15 is 0 Å². The summed E-state index contributed by atoms with van der Waals surface area (Å²) in [6.45, 7) is 5.26. The van der Waals surface area contributed by atoms with Gasteiger partial charge in [0.05, 0.1) is 33.0 Å². The zero-order chi connectivity index (χ0) is 26.2. The van der Waals surface area contributed by atoms with E-state index in [1.165, 1.54) is 12.4 Å². The number of benzene rings is 1. The van der Waals surface area contributed by atoms with E-state index < -0.39 is 6.10 Å². The van der Waals surface area contributed by atoms with Crippen LogP contribution in [0, 0.1) is 11.3 Å². The number of halogens is 2. The second kappa shape index (κ2) is 10.2. The molecule has 4 heterocycles. The Balaban J connectivity index is 1.41. The molecule has 1 atom stereocenters. The number of ether oxygens (including phenoxy) is 1. The number of hydrogen-bond donors (Lipinski definition) is 2. The molecule has 37 heavy (non-hydrogen) atoms. The molecule has 1 aliphatic rings. The molecule has 5 rings (SSSR count). The van der Waals surface area contributed by atoms with Crippen molar-refractivity contribution in [3.63, 3.8) is 0 Å². The molecule has 1 saturated heterocycles. The predicted molar refractivity (Wildman–Crippen MR) is 144 cm³/mol. The number of H-pyrrole nitrogens is 1. The highest BCUT2D eigenvalue weighted by atomic mass is 35.5. The summed E-state index contributed by atoms with van der Waals surface area (Å²) in [6, 6.07) is 9.66. The Hall–Kier alpha value is -3.28. The number of nitrogens with zero attached hydrogens (tertiary/aromatic N) is 5. The summed E-state index contributed by atoms with van der Waals surface area (Å²) in [6.07, 6.45) is 4.77. The minimum atomic E-state index is -0.410. The van der Waals surface area contributed by atoms with Crippen LogP contribution in [0.15, 0.2) is 42.9 Å². The van der Waals surface area contributed by atoms with E-state index in [-0.39, 0.29) is 14.0 Å². The first-order valence-corrected chi connectivity index (χ1v) is 13.2. The third-order valence-electron chi connectivity index (χ3n) is 6.35. The molecule has 0 bridgehead atoms. The van der Waals surface area contributed by atoms with Gasteiger partial charge in [-0.2, -0.15) is 10.4 Å². The minimum Gasteiger partial charge on any atom is -0.486 e. The van der Waals surface area contributed by atoms with Crippen LogP contribution in [0.2, 0.25) is 10.0 Å². The first kappa shape index (κ1) is 25.4. The number of hydrogen-bond acceptors (Lipinski definition) is 8. The topological polar surface area (TPSA) is 120 Å². The summed E-state index contributed by atoms with van der Waals surface area (Å²) in [5, 5.41) is 22.3. The molecule has 12 heteroatoms. The standard InChI is InChI=1S/C25H22Cl2N7O2P/c1-14(22-19(26)9-29-10-20(22)27)36-17-3-4-21-18(6-17)23(33-32-21)16-5-15(7-28)24(30-8-16)34-11-25(2,12-34)31-13-37-35/h3-6,8-10,14,31H,11-13H2,1-2H3,(H,32,33)/t14-/m1/s1. The lowest BCUT2D eigenvalue weighted by Crippen LogP contribution is -2.67. The van der Waals surface area contributed by atoms with Crippen molar-refractivity contribution in [2.45, 2.75) is 25.5 Å². The Bertz CT molecular complexity index is 1510. The zero-order valence-corrected chi connectivity index (χ0v) is 22.4. The van der Waals surface area contributed by atoms with Crippen molar-refractivity contribution in [2.75, 3.05) is 24.3 Å². The summed E-state index contributed by atoms with van der Waals surface area (Å²) < 4.78 is 16.9. The summed E-state index contributed by atoms with van der Waals surface area (Å²) >= 11 is 12.6. The number of anilines is 1. The number of fused-ring (bicyclic) bond motifs is 1. The number of rotatable bonds is 8. The maximum absolute atomic E-state index is 10.8. The normalized spacial score (nSPS) is 15.4. The first-order valence-electron chi connectivity index (χ1n) is 11.4. The number of nitriles is 1. The average molecular weight is 554 g/mol. The molecule has 1 fully saturated rings. The summed E-state index contributed by atoms with van der Waals surface area (Å²) in [4.78, 5) is 10.6. The monoisotopic (exact) mass is 553 g/mol. The summed E-state index contributed by atoms with van der Waals surface area (Å²) in [5.41, 5.74) is 3.15. The van der Waals surface area contributed by atoms with Gasteiger partial charge in [-0.25, -0.2) is 4.98 Å². The van der Waals surface area contributed by atoms with E-state index in [2.05, 4.69) is 38.5 Å². The van der Waals surface area contributed by atoms with Gasteiger partial charge >= 0.3 is 0 Å². The van der Waals surface area contributed by atoms with Gasteiger partial charge in [0.2, 0.25) is 0 Å². The van der Waals surface area contributed by atoms with Gasteiger partial charge in [0.25, 0.3) is 0 Å². The van der Waals surface area contributed by atoms with Crippen LogP contribution >= 0.6 is 31.7 Å². The molecule has 1 aromatic carbocycles. The van der Waals surface area contributed by atoms with E-state index in [1.54, 1.807) is 12.3 Å². The molecular formula is C25H22Cl2N7O2P. The largest absolute Gasteiger partial charge is 0.486 e. The Kier molecular flexibility index (Phi) is 7.02. The molecule has 188 valence electrons. The Morgan fingerprint density at radius 3 is 2.73 bits per heavy atom. The van der Waals surface area contributed by atoms with Crippen molar-refractivity contribution in [3.05, 3.63) is 64.0 Å². The molecule has 0 unspecified atom stereocenters. The fourth-order valence-electron chi connectivity index (χ4n) is 4.56. The maximum Gasteiger partial charge on any atom is 0.170 e. The van der Waals surface area contributed by atoms with Crippen LogP contribution in [0.4, 0.5) is 5.82 Å². The maximum atomic E-state index is 10.8. The second-order valence-electron chi connectivity index (χ2n) is 9.14. The van der Waals surface area contributed by atoms with Crippen molar-refractivity contribution in [3.8, 4) is 23.1 Å². The average Bonchev–Trinajstić information content (AvgIpc) is 3.28. The van der Waals surface area contributed by atoms with Crippen LogP contribution in [0.25, 0.3) is 22.2 Å². The fraction of sp³-hybridized carbons (Fsp3) is 0.280. The number of aromatic amines is 1. The highest BCUT2D eigenvalue weighted by Gasteiger charge is 2.39. The lowest BCUT2D eigenvalue weighted by molar-refractivity contribution is 0.227. The van der Waals surface area contributed by atoms with E-state index in [4.69, 9.17) is 27.9 Å². The van der Waals surface area contributed by atoms with Crippen LogP contribution in [-0.2, 0) is 4.57 Å². The van der Waals surface area contributed by atoms with Gasteiger partial charge in [-0.05, 0) is 38.1 Å². The molecule has 4 aromatic rings. The Labute approximate surface area is 225 Å². The van der Waals surface area contributed by atoms with Crippen molar-refractivity contribution in [1.29, 1.82) is 5.26 Å². The molecule has 9 nitrogen and oxygen atoms in total. The van der Waals surface area contributed by atoms with Gasteiger partial charge in [0.1, 0.15) is 29.4 Å². The van der Waals surface area contributed by atoms with E-state index in [9.17, 15) is 9.83 Å². The van der Waals surface area contributed by atoms with E-state index in [0.29, 0.717) is 63.4 Å². The van der Waals surface area contributed by atoms with Gasteiger partial charge in [-0.1, -0.05) is 23.2 Å². The molecule has 1 aliphatic heterocycles. The van der Waals surface area contributed by atoms with Crippen LogP contribution < -0.4 is 15.0 Å². The number of pyridine rings is 2. The lowest BCUT2D eigenvalue weighted by atomic mass is 9.92. The number of aromatic nitrogens is 4. The Morgan fingerprint density at radius 2 is 2.03 bits per heavy atom. The summed E-state index contributed by atoms with van der Waals surface area (Å²) in [5.74, 6) is 1.23. The van der Waals surface area contributed by atoms with Crippen LogP contribution in [0.5, 0.6) is 5.75 Å². The van der Waals surface area contributed by atoms with Crippen molar-refractivity contribution in [1.82, 2.24) is 25.5 Å². The number of nitrogens with one attached hydrogen (secondary N) is 2. The van der Waals surface area contributed by atoms with E-state index in [1.807, 2.05) is 30.0 Å². The minimum absolute atomic E-state index is 0.0582. The van der Waals surface area contributed by atoms with Gasteiger partial charge in [0.15, 0.2) is 8.46 Å². The quantitative estimate of drug-likeness (QED) is 0.264. The third-order valence-corrected chi connectivity index (χ3v) is 7.24. The van der Waals surface area contributed by atoms with Crippen molar-refractivity contribution < 1.29 is 9.30 Å². The molecule has 0 saturated carbocycles. The second-order valence-corrected chi connectivity index (χ2v) is 10.5. The van der Waals surface area contributed by atoms with Crippen molar-refractivity contribution >= 4 is 48.4 Å². The van der Waals surface area contributed by atoms with Crippen LogP contribution in [0.1, 0.15) is 31.1 Å². The fourth-order valence-corrected chi connectivity index (χ4v) is 5.68. The molecule has 3 aromatic heterocycles. The lowest BCUT2D eigenvalue weighted by Gasteiger charge is -2.49. The Morgan fingerprint density at radius 1 is 1.27 bits per heavy atom. The smallest absolute Gasteiger partial charge is 0.170 e. The van der Waals surface area contributed by atoms with Gasteiger partial charge in [-0.3, -0.25) is 20.0 Å². The first-order chi connectivity index (χ1) is 17.8. The third kappa shape index (κ3) is 4.98. The highest BCUT2D eigenvalue weighted by Crippen LogP contribution is 2.36. The highest BCUT2D eigenvalue weighted by molar-refractivity contribution is 7.23. The van der Waals surface area contributed by atoms with E-state index in [0.717, 1.165) is 10.9 Å². The zero-order valence-electron chi connectivity index (χ0n) is 20.0. The molecular weight excluding hydrogens is 532 g/mol.